The quantitative estimate of drug-likeness (QED) is 0.629. The molecule has 0 aliphatic carbocycles. The van der Waals surface area contributed by atoms with Gasteiger partial charge >= 0.3 is 0 Å². The van der Waals surface area contributed by atoms with Crippen LogP contribution in [0.15, 0.2) is 46.9 Å². The predicted octanol–water partition coefficient (Wildman–Crippen LogP) is 3.70. The number of rotatable bonds is 3. The van der Waals surface area contributed by atoms with E-state index in [1.54, 1.807) is 19.2 Å². The molecule has 0 N–H and O–H groups in total. The van der Waals surface area contributed by atoms with Gasteiger partial charge in [0, 0.05) is 15.6 Å². The Hall–Kier alpha value is -2.25. The second-order valence-electron chi connectivity index (χ2n) is 4.13. The molecule has 4 heteroatoms. The van der Waals surface area contributed by atoms with Crippen molar-refractivity contribution in [3.05, 3.63) is 58.1 Å². The van der Waals surface area contributed by atoms with Crippen LogP contribution in [0.5, 0.6) is 11.5 Å². The van der Waals surface area contributed by atoms with Gasteiger partial charge in [0.2, 0.25) is 5.78 Å². The molecule has 0 atom stereocenters. The molecule has 0 aromatic heterocycles. The van der Waals surface area contributed by atoms with Crippen LogP contribution in [0.1, 0.15) is 15.9 Å². The van der Waals surface area contributed by atoms with Crippen molar-refractivity contribution in [3.63, 3.8) is 0 Å². The van der Waals surface area contributed by atoms with Crippen LogP contribution in [0.4, 0.5) is 0 Å². The fraction of sp³-hybridized carbons (Fsp3) is 0.118. The van der Waals surface area contributed by atoms with Gasteiger partial charge in [-0.15, -0.1) is 0 Å². The standard InChI is InChI=1S/C17H13BrO3/c1-20-16-10-13(14(18)11-17(16)21-2)15(19)9-8-12-6-4-3-5-7-12/h3-7,10-11H,1-2H3. The van der Waals surface area contributed by atoms with Crippen LogP contribution in [-0.4, -0.2) is 20.0 Å². The Bertz CT molecular complexity index is 712. The highest BCUT2D eigenvalue weighted by Crippen LogP contribution is 2.33. The highest BCUT2D eigenvalue weighted by atomic mass is 79.9. The zero-order valence-corrected chi connectivity index (χ0v) is 13.2. The second kappa shape index (κ2) is 6.96. The van der Waals surface area contributed by atoms with Crippen LogP contribution in [0.2, 0.25) is 0 Å². The summed E-state index contributed by atoms with van der Waals surface area (Å²) >= 11 is 3.35. The number of hydrogen-bond donors (Lipinski definition) is 0. The fourth-order valence-corrected chi connectivity index (χ4v) is 2.25. The average Bonchev–Trinajstić information content (AvgIpc) is 2.53. The summed E-state index contributed by atoms with van der Waals surface area (Å²) in [6.45, 7) is 0. The molecule has 2 aromatic carbocycles. The molecule has 0 fully saturated rings. The van der Waals surface area contributed by atoms with E-state index in [0.29, 0.717) is 21.5 Å². The molecule has 0 amide bonds. The Morgan fingerprint density at radius 1 is 1.05 bits per heavy atom. The van der Waals surface area contributed by atoms with E-state index in [1.807, 2.05) is 30.3 Å². The molecule has 106 valence electrons. The number of benzene rings is 2. The lowest BCUT2D eigenvalue weighted by atomic mass is 10.1. The molecule has 0 radical (unpaired) electrons. The van der Waals surface area contributed by atoms with Gasteiger partial charge in [0.05, 0.1) is 14.2 Å². The normalized spacial score (nSPS) is 9.48. The Morgan fingerprint density at radius 2 is 1.67 bits per heavy atom. The Labute approximate surface area is 132 Å². The largest absolute Gasteiger partial charge is 0.493 e. The number of carbonyl (C=O) groups excluding carboxylic acids is 1. The number of carbonyl (C=O) groups is 1. The van der Waals surface area contributed by atoms with E-state index in [0.717, 1.165) is 5.56 Å². The predicted molar refractivity (Wildman–Crippen MR) is 84.9 cm³/mol. The monoisotopic (exact) mass is 344 g/mol. The minimum Gasteiger partial charge on any atom is -0.493 e. The average molecular weight is 345 g/mol. The van der Waals surface area contributed by atoms with Crippen molar-refractivity contribution in [2.24, 2.45) is 0 Å². The number of halogens is 1. The molecule has 0 spiro atoms. The highest BCUT2D eigenvalue weighted by molar-refractivity contribution is 9.10. The first-order valence-electron chi connectivity index (χ1n) is 6.18. The van der Waals surface area contributed by atoms with E-state index in [1.165, 1.54) is 7.11 Å². The van der Waals surface area contributed by atoms with Crippen molar-refractivity contribution in [2.75, 3.05) is 14.2 Å². The maximum atomic E-state index is 12.2. The van der Waals surface area contributed by atoms with Gasteiger partial charge in [0.15, 0.2) is 11.5 Å². The van der Waals surface area contributed by atoms with Crippen LogP contribution in [-0.2, 0) is 0 Å². The molecule has 21 heavy (non-hydrogen) atoms. The van der Waals surface area contributed by atoms with Crippen LogP contribution in [0.3, 0.4) is 0 Å². The molecule has 0 aliphatic rings. The first-order valence-corrected chi connectivity index (χ1v) is 6.98. The molecule has 0 bridgehead atoms. The summed E-state index contributed by atoms with van der Waals surface area (Å²) in [6.07, 6.45) is 0. The van der Waals surface area contributed by atoms with E-state index in [-0.39, 0.29) is 5.78 Å². The van der Waals surface area contributed by atoms with E-state index in [2.05, 4.69) is 27.8 Å². The highest BCUT2D eigenvalue weighted by Gasteiger charge is 2.14. The summed E-state index contributed by atoms with van der Waals surface area (Å²) in [5, 5.41) is 0. The van der Waals surface area contributed by atoms with Crippen molar-refractivity contribution in [1.82, 2.24) is 0 Å². The number of ketones is 1. The van der Waals surface area contributed by atoms with Crippen molar-refractivity contribution in [2.45, 2.75) is 0 Å². The lowest BCUT2D eigenvalue weighted by Crippen LogP contribution is -2.00. The van der Waals surface area contributed by atoms with Gasteiger partial charge in [-0.25, -0.2) is 0 Å². The molecular formula is C17H13BrO3. The van der Waals surface area contributed by atoms with Gasteiger partial charge in [-0.05, 0) is 46.1 Å². The third kappa shape index (κ3) is 3.65. The maximum Gasteiger partial charge on any atom is 0.237 e. The maximum absolute atomic E-state index is 12.2. The summed E-state index contributed by atoms with van der Waals surface area (Å²) in [4.78, 5) is 12.2. The molecular weight excluding hydrogens is 332 g/mol. The summed E-state index contributed by atoms with van der Waals surface area (Å²) < 4.78 is 11.0. The topological polar surface area (TPSA) is 35.5 Å². The lowest BCUT2D eigenvalue weighted by molar-refractivity contribution is 0.105. The zero-order valence-electron chi connectivity index (χ0n) is 11.6. The Balaban J connectivity index is 2.34. The zero-order chi connectivity index (χ0) is 15.2. The minimum absolute atomic E-state index is 0.285. The molecule has 0 heterocycles. The number of ether oxygens (including phenoxy) is 2. The Morgan fingerprint density at radius 3 is 2.29 bits per heavy atom. The first-order chi connectivity index (χ1) is 10.2. The SMILES string of the molecule is COc1cc(Br)c(C(=O)C#Cc2ccccc2)cc1OC. The van der Waals surface area contributed by atoms with Crippen LogP contribution in [0, 0.1) is 11.8 Å². The summed E-state index contributed by atoms with van der Waals surface area (Å²) in [7, 11) is 3.07. The molecule has 0 saturated carbocycles. The lowest BCUT2D eigenvalue weighted by Gasteiger charge is -2.09. The summed E-state index contributed by atoms with van der Waals surface area (Å²) in [5.41, 5.74) is 1.23. The van der Waals surface area contributed by atoms with E-state index >= 15 is 0 Å². The van der Waals surface area contributed by atoms with Crippen LogP contribution >= 0.6 is 15.9 Å². The van der Waals surface area contributed by atoms with Gasteiger partial charge in [0.25, 0.3) is 0 Å². The molecule has 3 nitrogen and oxygen atoms in total. The second-order valence-corrected chi connectivity index (χ2v) is 4.99. The number of methoxy groups -OCH3 is 2. The van der Waals surface area contributed by atoms with Gasteiger partial charge in [0.1, 0.15) is 0 Å². The van der Waals surface area contributed by atoms with E-state index < -0.39 is 0 Å². The number of Topliss-reactive ketones (excluding diaryl/α,β-unsaturated/α-hetero) is 1. The minimum atomic E-state index is -0.285. The molecule has 2 aromatic rings. The third-order valence-electron chi connectivity index (χ3n) is 2.81. The fourth-order valence-electron chi connectivity index (χ4n) is 1.75. The van der Waals surface area contributed by atoms with E-state index in [9.17, 15) is 4.79 Å². The molecule has 0 aliphatic heterocycles. The van der Waals surface area contributed by atoms with Crippen molar-refractivity contribution >= 4 is 21.7 Å². The molecule has 0 saturated heterocycles. The van der Waals surface area contributed by atoms with Crippen LogP contribution < -0.4 is 9.47 Å². The molecule has 0 unspecified atom stereocenters. The molecule has 2 rings (SSSR count). The smallest absolute Gasteiger partial charge is 0.237 e. The van der Waals surface area contributed by atoms with Gasteiger partial charge in [-0.2, -0.15) is 0 Å². The van der Waals surface area contributed by atoms with Gasteiger partial charge in [-0.1, -0.05) is 24.1 Å². The summed E-state index contributed by atoms with van der Waals surface area (Å²) in [5.74, 6) is 6.23. The first kappa shape index (κ1) is 15.1. The summed E-state index contributed by atoms with van der Waals surface area (Å²) in [6, 6.07) is 12.7. The Kier molecular flexibility index (Phi) is 5.02. The van der Waals surface area contributed by atoms with Gasteiger partial charge < -0.3 is 9.47 Å². The van der Waals surface area contributed by atoms with E-state index in [4.69, 9.17) is 9.47 Å². The van der Waals surface area contributed by atoms with Gasteiger partial charge in [-0.3, -0.25) is 4.79 Å². The van der Waals surface area contributed by atoms with Crippen molar-refractivity contribution in [3.8, 4) is 23.3 Å². The number of hydrogen-bond acceptors (Lipinski definition) is 3. The van der Waals surface area contributed by atoms with Crippen LogP contribution in [0.25, 0.3) is 0 Å². The van der Waals surface area contributed by atoms with Crippen molar-refractivity contribution in [1.29, 1.82) is 0 Å². The van der Waals surface area contributed by atoms with Crippen molar-refractivity contribution < 1.29 is 14.3 Å². The third-order valence-corrected chi connectivity index (χ3v) is 3.47.